The van der Waals surface area contributed by atoms with Crippen LogP contribution in [0.1, 0.15) is 45.4 Å². The Balaban J connectivity index is 2.43. The Bertz CT molecular complexity index is 517. The molecule has 0 atom stereocenters. The molecule has 0 radical (unpaired) electrons. The Hall–Kier alpha value is -0.940. The van der Waals surface area contributed by atoms with Crippen molar-refractivity contribution in [2.24, 2.45) is 0 Å². The third-order valence-electron chi connectivity index (χ3n) is 3.02. The van der Waals surface area contributed by atoms with Crippen LogP contribution in [0.5, 0.6) is 5.75 Å². The minimum absolute atomic E-state index is 0.0606. The fourth-order valence-corrected chi connectivity index (χ4v) is 3.25. The van der Waals surface area contributed by atoms with Gasteiger partial charge in [-0.25, -0.2) is 8.42 Å². The summed E-state index contributed by atoms with van der Waals surface area (Å²) in [5, 5.41) is 9.80. The predicted molar refractivity (Wildman–Crippen MR) is 83.9 cm³/mol. The van der Waals surface area contributed by atoms with E-state index < -0.39 is 10.0 Å². The summed E-state index contributed by atoms with van der Waals surface area (Å²) < 4.78 is 26.1. The van der Waals surface area contributed by atoms with Gasteiger partial charge in [0, 0.05) is 0 Å². The first-order valence-electron chi connectivity index (χ1n) is 6.94. The molecule has 0 aliphatic rings. The van der Waals surface area contributed by atoms with E-state index in [0.717, 1.165) is 19.3 Å². The Labute approximate surface area is 126 Å². The van der Waals surface area contributed by atoms with Gasteiger partial charge in [-0.15, -0.1) is 0 Å². The zero-order valence-electron chi connectivity index (χ0n) is 11.7. The van der Waals surface area contributed by atoms with Crippen molar-refractivity contribution in [3.63, 3.8) is 0 Å². The summed E-state index contributed by atoms with van der Waals surface area (Å²) in [5.41, 5.74) is 0.128. The molecule has 1 aromatic carbocycles. The molecule has 0 bridgehead atoms. The molecule has 6 heteroatoms. The number of unbranched alkanes of at least 4 members (excludes halogenated alkanes) is 5. The standard InChI is InChI=1S/C14H22ClNO3S/c1-2-3-4-5-6-7-11-20(18,19)16-13-10-8-9-12(15)14(13)17/h8-10,16-17H,2-7,11H2,1H3. The van der Waals surface area contributed by atoms with Crippen molar-refractivity contribution in [2.45, 2.75) is 45.4 Å². The van der Waals surface area contributed by atoms with Crippen LogP contribution in [-0.4, -0.2) is 19.3 Å². The van der Waals surface area contributed by atoms with Gasteiger partial charge in [0.25, 0.3) is 0 Å². The maximum atomic E-state index is 11.9. The summed E-state index contributed by atoms with van der Waals surface area (Å²) >= 11 is 5.73. The van der Waals surface area contributed by atoms with Crippen molar-refractivity contribution >= 4 is 27.3 Å². The van der Waals surface area contributed by atoms with Gasteiger partial charge in [0.1, 0.15) is 0 Å². The Morgan fingerprint density at radius 2 is 1.80 bits per heavy atom. The monoisotopic (exact) mass is 319 g/mol. The molecule has 0 aromatic heterocycles. The molecule has 0 amide bonds. The minimum atomic E-state index is -3.44. The van der Waals surface area contributed by atoms with Crippen LogP contribution in [0, 0.1) is 0 Å². The fraction of sp³-hybridized carbons (Fsp3) is 0.571. The van der Waals surface area contributed by atoms with Gasteiger partial charge < -0.3 is 5.11 Å². The van der Waals surface area contributed by atoms with Crippen molar-refractivity contribution < 1.29 is 13.5 Å². The molecule has 0 unspecified atom stereocenters. The van der Waals surface area contributed by atoms with Gasteiger partial charge in [0.2, 0.25) is 10.0 Å². The van der Waals surface area contributed by atoms with E-state index in [1.54, 1.807) is 6.07 Å². The Morgan fingerprint density at radius 1 is 1.15 bits per heavy atom. The predicted octanol–water partition coefficient (Wildman–Crippen LogP) is 4.15. The zero-order valence-corrected chi connectivity index (χ0v) is 13.3. The number of hydrogen-bond donors (Lipinski definition) is 2. The van der Waals surface area contributed by atoms with Crippen LogP contribution >= 0.6 is 11.6 Å². The third-order valence-corrected chi connectivity index (χ3v) is 4.68. The van der Waals surface area contributed by atoms with Crippen LogP contribution in [0.3, 0.4) is 0 Å². The van der Waals surface area contributed by atoms with Gasteiger partial charge in [-0.3, -0.25) is 4.72 Å². The molecule has 4 nitrogen and oxygen atoms in total. The van der Waals surface area contributed by atoms with Crippen LogP contribution in [-0.2, 0) is 10.0 Å². The summed E-state index contributed by atoms with van der Waals surface area (Å²) in [6.07, 6.45) is 6.11. The molecule has 2 N–H and O–H groups in total. The van der Waals surface area contributed by atoms with Crippen molar-refractivity contribution in [2.75, 3.05) is 10.5 Å². The number of aromatic hydroxyl groups is 1. The van der Waals surface area contributed by atoms with E-state index in [4.69, 9.17) is 11.6 Å². The molecular weight excluding hydrogens is 298 g/mol. The SMILES string of the molecule is CCCCCCCCS(=O)(=O)Nc1cccc(Cl)c1O. The molecule has 20 heavy (non-hydrogen) atoms. The van der Waals surface area contributed by atoms with E-state index in [9.17, 15) is 13.5 Å². The van der Waals surface area contributed by atoms with Gasteiger partial charge >= 0.3 is 0 Å². The number of anilines is 1. The molecular formula is C14H22ClNO3S. The maximum Gasteiger partial charge on any atom is 0.232 e. The minimum Gasteiger partial charge on any atom is -0.504 e. The van der Waals surface area contributed by atoms with Crippen LogP contribution in [0.15, 0.2) is 18.2 Å². The van der Waals surface area contributed by atoms with E-state index in [1.807, 2.05) is 0 Å². The first kappa shape index (κ1) is 17.1. The molecule has 0 spiro atoms. The van der Waals surface area contributed by atoms with Gasteiger partial charge in [-0.2, -0.15) is 0 Å². The number of sulfonamides is 1. The molecule has 0 fully saturated rings. The number of benzene rings is 1. The zero-order chi connectivity index (χ0) is 15.0. The quantitative estimate of drug-likeness (QED) is 0.531. The van der Waals surface area contributed by atoms with Crippen molar-refractivity contribution in [3.05, 3.63) is 23.2 Å². The molecule has 0 heterocycles. The molecule has 0 aliphatic heterocycles. The second kappa shape index (κ2) is 8.37. The maximum absolute atomic E-state index is 11.9. The highest BCUT2D eigenvalue weighted by Crippen LogP contribution is 2.31. The lowest BCUT2D eigenvalue weighted by Gasteiger charge is -2.10. The third kappa shape index (κ3) is 6.01. The topological polar surface area (TPSA) is 66.4 Å². The lowest BCUT2D eigenvalue weighted by atomic mass is 10.1. The number of hydrogen-bond acceptors (Lipinski definition) is 3. The molecule has 1 aromatic rings. The van der Waals surface area contributed by atoms with Crippen LogP contribution in [0.2, 0.25) is 5.02 Å². The Kier molecular flexibility index (Phi) is 7.16. The molecule has 1 rings (SSSR count). The highest BCUT2D eigenvalue weighted by molar-refractivity contribution is 7.92. The Morgan fingerprint density at radius 3 is 2.50 bits per heavy atom. The van der Waals surface area contributed by atoms with Gasteiger partial charge in [0.15, 0.2) is 5.75 Å². The van der Waals surface area contributed by atoms with Crippen molar-refractivity contribution in [1.82, 2.24) is 0 Å². The van der Waals surface area contributed by atoms with Crippen LogP contribution in [0.25, 0.3) is 0 Å². The van der Waals surface area contributed by atoms with E-state index in [0.29, 0.717) is 6.42 Å². The summed E-state index contributed by atoms with van der Waals surface area (Å²) in [6.45, 7) is 2.14. The first-order valence-corrected chi connectivity index (χ1v) is 8.97. The molecule has 0 saturated carbocycles. The number of phenols is 1. The lowest BCUT2D eigenvalue weighted by Crippen LogP contribution is -2.16. The number of rotatable bonds is 9. The second-order valence-electron chi connectivity index (χ2n) is 4.82. The van der Waals surface area contributed by atoms with E-state index in [-0.39, 0.29) is 22.2 Å². The lowest BCUT2D eigenvalue weighted by molar-refractivity contribution is 0.478. The average Bonchev–Trinajstić information content (AvgIpc) is 2.39. The summed E-state index contributed by atoms with van der Waals surface area (Å²) in [4.78, 5) is 0. The van der Waals surface area contributed by atoms with E-state index in [1.165, 1.54) is 25.0 Å². The van der Waals surface area contributed by atoms with Gasteiger partial charge in [-0.05, 0) is 18.6 Å². The summed E-state index contributed by atoms with van der Waals surface area (Å²) in [5.74, 6) is -0.175. The van der Waals surface area contributed by atoms with Crippen molar-refractivity contribution in [3.8, 4) is 5.75 Å². The van der Waals surface area contributed by atoms with Gasteiger partial charge in [0.05, 0.1) is 16.5 Å². The summed E-state index contributed by atoms with van der Waals surface area (Å²) in [6, 6.07) is 4.58. The van der Waals surface area contributed by atoms with E-state index in [2.05, 4.69) is 11.6 Å². The highest BCUT2D eigenvalue weighted by Gasteiger charge is 2.13. The first-order chi connectivity index (χ1) is 9.46. The van der Waals surface area contributed by atoms with Gasteiger partial charge in [-0.1, -0.05) is 56.7 Å². The molecule has 114 valence electrons. The average molecular weight is 320 g/mol. The second-order valence-corrected chi connectivity index (χ2v) is 7.07. The smallest absolute Gasteiger partial charge is 0.232 e. The van der Waals surface area contributed by atoms with Crippen molar-refractivity contribution in [1.29, 1.82) is 0 Å². The number of phenolic OH excluding ortho intramolecular Hbond substituents is 1. The highest BCUT2D eigenvalue weighted by atomic mass is 35.5. The van der Waals surface area contributed by atoms with Crippen LogP contribution < -0.4 is 4.72 Å². The largest absolute Gasteiger partial charge is 0.504 e. The summed E-state index contributed by atoms with van der Waals surface area (Å²) in [7, 11) is -3.44. The molecule has 0 aliphatic carbocycles. The number of halogens is 1. The molecule has 0 saturated heterocycles. The van der Waals surface area contributed by atoms with Crippen LogP contribution in [0.4, 0.5) is 5.69 Å². The van der Waals surface area contributed by atoms with E-state index >= 15 is 0 Å². The number of nitrogens with one attached hydrogen (secondary N) is 1. The normalized spacial score (nSPS) is 11.5. The number of para-hydroxylation sites is 1. The fourth-order valence-electron chi connectivity index (χ4n) is 1.89.